The van der Waals surface area contributed by atoms with Crippen molar-refractivity contribution in [2.24, 2.45) is 0 Å². The van der Waals surface area contributed by atoms with Gasteiger partial charge in [0.15, 0.2) is 0 Å². The fraction of sp³-hybridized carbons (Fsp3) is 0. The molecule has 0 spiro atoms. The van der Waals surface area contributed by atoms with E-state index in [4.69, 9.17) is 4.42 Å². The summed E-state index contributed by atoms with van der Waals surface area (Å²) in [6.07, 6.45) is 7.42. The van der Waals surface area contributed by atoms with Gasteiger partial charge in [-0.2, -0.15) is 0 Å². The number of pyridine rings is 2. The molecule has 0 saturated carbocycles. The molecular weight excluding hydrogens is 466 g/mol. The summed E-state index contributed by atoms with van der Waals surface area (Å²) in [5.74, 6) is 0. The van der Waals surface area contributed by atoms with Crippen molar-refractivity contribution in [1.29, 1.82) is 0 Å². The Hall–Kier alpha value is -5.22. The monoisotopic (exact) mass is 487 g/mol. The minimum atomic E-state index is 0.881. The van der Waals surface area contributed by atoms with Crippen LogP contribution in [0.4, 0.5) is 0 Å². The number of rotatable bonds is 3. The quantitative estimate of drug-likeness (QED) is 0.250. The Morgan fingerprint density at radius 2 is 1.11 bits per heavy atom. The zero-order valence-electron chi connectivity index (χ0n) is 20.4. The van der Waals surface area contributed by atoms with Crippen LogP contribution in [0, 0.1) is 0 Å². The molecule has 178 valence electrons. The molecule has 4 aromatic heterocycles. The van der Waals surface area contributed by atoms with Gasteiger partial charge in [-0.3, -0.25) is 9.97 Å². The summed E-state index contributed by atoms with van der Waals surface area (Å²) >= 11 is 0. The fourth-order valence-corrected chi connectivity index (χ4v) is 5.58. The Morgan fingerprint density at radius 3 is 1.84 bits per heavy atom. The van der Waals surface area contributed by atoms with Gasteiger partial charge in [-0.05, 0) is 71.8 Å². The van der Waals surface area contributed by atoms with Crippen LogP contribution in [0.3, 0.4) is 0 Å². The van der Waals surface area contributed by atoms with Crippen molar-refractivity contribution in [3.8, 4) is 27.9 Å². The lowest BCUT2D eigenvalue weighted by molar-refractivity contribution is 0.669. The molecule has 0 unspecified atom stereocenters. The van der Waals surface area contributed by atoms with Crippen LogP contribution < -0.4 is 0 Å². The lowest BCUT2D eigenvalue weighted by Gasteiger charge is -2.09. The lowest BCUT2D eigenvalue weighted by Crippen LogP contribution is -1.93. The maximum atomic E-state index is 6.22. The molecule has 4 nitrogen and oxygen atoms in total. The van der Waals surface area contributed by atoms with Gasteiger partial charge in [-0.15, -0.1) is 0 Å². The van der Waals surface area contributed by atoms with Crippen molar-refractivity contribution in [2.45, 2.75) is 0 Å². The van der Waals surface area contributed by atoms with Gasteiger partial charge in [-0.1, -0.05) is 42.5 Å². The van der Waals surface area contributed by atoms with E-state index in [0.29, 0.717) is 0 Å². The first-order valence-corrected chi connectivity index (χ1v) is 12.6. The van der Waals surface area contributed by atoms with Gasteiger partial charge >= 0.3 is 0 Å². The smallest absolute Gasteiger partial charge is 0.135 e. The topological polar surface area (TPSA) is 43.9 Å². The Balaban J connectivity index is 1.36. The van der Waals surface area contributed by atoms with Crippen LogP contribution in [-0.4, -0.2) is 14.5 Å². The van der Waals surface area contributed by atoms with Gasteiger partial charge in [0.05, 0.1) is 11.0 Å². The predicted molar refractivity (Wildman–Crippen MR) is 155 cm³/mol. The summed E-state index contributed by atoms with van der Waals surface area (Å²) in [4.78, 5) is 8.60. The molecule has 0 atom stereocenters. The Morgan fingerprint density at radius 1 is 0.474 bits per heavy atom. The van der Waals surface area contributed by atoms with E-state index in [0.717, 1.165) is 49.9 Å². The molecule has 0 saturated heterocycles. The van der Waals surface area contributed by atoms with Gasteiger partial charge in [0.25, 0.3) is 0 Å². The van der Waals surface area contributed by atoms with Crippen molar-refractivity contribution in [3.63, 3.8) is 0 Å². The average Bonchev–Trinajstić information content (AvgIpc) is 3.52. The van der Waals surface area contributed by atoms with Crippen LogP contribution in [0.15, 0.2) is 132 Å². The minimum Gasteiger partial charge on any atom is -0.456 e. The summed E-state index contributed by atoms with van der Waals surface area (Å²) in [5.41, 5.74) is 9.70. The SMILES string of the molecule is c1cncc(-c2ccc3oc4ccc(-n5c6ccccc6c6cc(-c7cccnc7)ccc65)cc4c3c2)c1. The molecule has 4 heteroatoms. The van der Waals surface area contributed by atoms with Crippen LogP contribution in [-0.2, 0) is 0 Å². The summed E-state index contributed by atoms with van der Waals surface area (Å²) in [5, 5.41) is 4.64. The molecule has 0 amide bonds. The first kappa shape index (κ1) is 20.9. The Labute approximate surface area is 218 Å². The molecule has 0 fully saturated rings. The lowest BCUT2D eigenvalue weighted by atomic mass is 10.0. The van der Waals surface area contributed by atoms with Crippen LogP contribution >= 0.6 is 0 Å². The number of benzene rings is 4. The first-order chi connectivity index (χ1) is 18.8. The van der Waals surface area contributed by atoms with Gasteiger partial charge in [0.1, 0.15) is 11.2 Å². The van der Waals surface area contributed by atoms with Crippen molar-refractivity contribution < 1.29 is 4.42 Å². The van der Waals surface area contributed by atoms with E-state index in [1.54, 1.807) is 6.20 Å². The number of hydrogen-bond donors (Lipinski definition) is 0. The number of aromatic nitrogens is 3. The standard InChI is InChI=1S/C34H21N3O/c1-2-8-31-27(7-1)28-17-22(24-5-3-15-35-20-24)9-12-32(28)37(31)26-11-14-34-30(19-26)29-18-23(10-13-33(29)38-34)25-6-4-16-36-21-25/h1-21H. The second-order valence-electron chi connectivity index (χ2n) is 9.56. The van der Waals surface area contributed by atoms with Crippen LogP contribution in [0.5, 0.6) is 0 Å². The summed E-state index contributed by atoms with van der Waals surface area (Å²) in [6.45, 7) is 0. The van der Waals surface area contributed by atoms with Gasteiger partial charge < -0.3 is 8.98 Å². The predicted octanol–water partition coefficient (Wildman–Crippen LogP) is 8.81. The molecular formula is C34H21N3O. The highest BCUT2D eigenvalue weighted by atomic mass is 16.3. The molecule has 4 heterocycles. The molecule has 4 aromatic carbocycles. The van der Waals surface area contributed by atoms with E-state index in [-0.39, 0.29) is 0 Å². The highest BCUT2D eigenvalue weighted by Crippen LogP contribution is 2.37. The normalized spacial score (nSPS) is 11.7. The third-order valence-corrected chi connectivity index (χ3v) is 7.37. The number of para-hydroxylation sites is 1. The van der Waals surface area contributed by atoms with E-state index < -0.39 is 0 Å². The third kappa shape index (κ3) is 3.17. The van der Waals surface area contributed by atoms with Gasteiger partial charge in [-0.25, -0.2) is 0 Å². The zero-order chi connectivity index (χ0) is 25.1. The van der Waals surface area contributed by atoms with Crippen molar-refractivity contribution in [2.75, 3.05) is 0 Å². The molecule has 0 aliphatic rings. The second kappa shape index (κ2) is 8.15. The van der Waals surface area contributed by atoms with E-state index in [9.17, 15) is 0 Å². The Bertz CT molecular complexity index is 2120. The fourth-order valence-electron chi connectivity index (χ4n) is 5.58. The first-order valence-electron chi connectivity index (χ1n) is 12.6. The van der Waals surface area contributed by atoms with Gasteiger partial charge in [0.2, 0.25) is 0 Å². The second-order valence-corrected chi connectivity index (χ2v) is 9.56. The maximum absolute atomic E-state index is 6.22. The number of nitrogens with zero attached hydrogens (tertiary/aromatic N) is 3. The molecule has 8 rings (SSSR count). The highest BCUT2D eigenvalue weighted by Gasteiger charge is 2.15. The number of fused-ring (bicyclic) bond motifs is 6. The average molecular weight is 488 g/mol. The van der Waals surface area contributed by atoms with Crippen LogP contribution in [0.2, 0.25) is 0 Å². The molecule has 0 radical (unpaired) electrons. The summed E-state index contributed by atoms with van der Waals surface area (Å²) < 4.78 is 8.57. The summed E-state index contributed by atoms with van der Waals surface area (Å²) in [7, 11) is 0. The number of hydrogen-bond acceptors (Lipinski definition) is 3. The molecule has 0 N–H and O–H groups in total. The van der Waals surface area contributed by atoms with E-state index in [1.807, 2.05) is 30.7 Å². The highest BCUT2D eigenvalue weighted by molar-refractivity contribution is 6.11. The van der Waals surface area contributed by atoms with Crippen molar-refractivity contribution in [1.82, 2.24) is 14.5 Å². The molecule has 8 aromatic rings. The summed E-state index contributed by atoms with van der Waals surface area (Å²) in [6, 6.07) is 36.2. The Kier molecular flexibility index (Phi) is 4.49. The maximum Gasteiger partial charge on any atom is 0.135 e. The van der Waals surface area contributed by atoms with Crippen LogP contribution in [0.1, 0.15) is 0 Å². The van der Waals surface area contributed by atoms with Crippen molar-refractivity contribution in [3.05, 3.63) is 128 Å². The number of furan rings is 1. The molecule has 38 heavy (non-hydrogen) atoms. The van der Waals surface area contributed by atoms with Crippen molar-refractivity contribution >= 4 is 43.7 Å². The van der Waals surface area contributed by atoms with E-state index in [2.05, 4.69) is 106 Å². The molecule has 0 bridgehead atoms. The largest absolute Gasteiger partial charge is 0.456 e. The van der Waals surface area contributed by atoms with E-state index >= 15 is 0 Å². The van der Waals surface area contributed by atoms with E-state index in [1.165, 1.54) is 21.8 Å². The third-order valence-electron chi connectivity index (χ3n) is 7.37. The minimum absolute atomic E-state index is 0.881. The van der Waals surface area contributed by atoms with Crippen LogP contribution in [0.25, 0.3) is 71.7 Å². The van der Waals surface area contributed by atoms with Gasteiger partial charge in [0, 0.05) is 63.1 Å². The molecule has 0 aliphatic carbocycles. The zero-order valence-corrected chi connectivity index (χ0v) is 20.4. The molecule has 0 aliphatic heterocycles.